The third-order valence-electron chi connectivity index (χ3n) is 2.16. The largest absolute Gasteiger partial charge is 0.478 e. The molecule has 1 aromatic carbocycles. The maximum atomic E-state index is 11.3. The molecule has 3 N–H and O–H groups in total. The molecule has 7 nitrogen and oxygen atoms in total. The van der Waals surface area contributed by atoms with Crippen molar-refractivity contribution in [1.29, 1.82) is 0 Å². The summed E-state index contributed by atoms with van der Waals surface area (Å²) in [7, 11) is 0. The quantitative estimate of drug-likeness (QED) is 0.419. The van der Waals surface area contributed by atoms with Gasteiger partial charge in [0.15, 0.2) is 0 Å². The summed E-state index contributed by atoms with van der Waals surface area (Å²) in [6, 6.07) is 5.76. The molecule has 2 amide bonds. The number of carboxylic acid groups (broad SMARTS) is 1. The van der Waals surface area contributed by atoms with Crippen molar-refractivity contribution in [2.45, 2.75) is 19.9 Å². The number of carboxylic acids is 1. The van der Waals surface area contributed by atoms with Crippen LogP contribution in [0.25, 0.3) is 0 Å². The highest BCUT2D eigenvalue weighted by molar-refractivity contribution is 6.35. The normalized spacial score (nSPS) is 10.6. The minimum Gasteiger partial charge on any atom is -0.478 e. The zero-order valence-corrected chi connectivity index (χ0v) is 11.1. The fourth-order valence-corrected chi connectivity index (χ4v) is 1.26. The lowest BCUT2D eigenvalue weighted by Crippen LogP contribution is -2.41. The average molecular weight is 277 g/mol. The Morgan fingerprint density at radius 2 is 1.75 bits per heavy atom. The number of benzene rings is 1. The molecule has 0 saturated carbocycles. The lowest BCUT2D eigenvalue weighted by Gasteiger charge is -2.05. The van der Waals surface area contributed by atoms with Crippen LogP contribution < -0.4 is 10.7 Å². The molecule has 0 heterocycles. The van der Waals surface area contributed by atoms with Crippen LogP contribution in [-0.4, -0.2) is 35.1 Å². The number of hydrazone groups is 1. The Hall–Kier alpha value is -2.70. The summed E-state index contributed by atoms with van der Waals surface area (Å²) in [6.07, 6.45) is 1.31. The van der Waals surface area contributed by atoms with Crippen molar-refractivity contribution in [2.24, 2.45) is 5.10 Å². The van der Waals surface area contributed by atoms with Gasteiger partial charge in [-0.3, -0.25) is 9.59 Å². The van der Waals surface area contributed by atoms with E-state index in [1.807, 2.05) is 0 Å². The van der Waals surface area contributed by atoms with Crippen molar-refractivity contribution in [2.75, 3.05) is 0 Å². The van der Waals surface area contributed by atoms with Gasteiger partial charge in [0.25, 0.3) is 0 Å². The number of hydrogen-bond acceptors (Lipinski definition) is 4. The summed E-state index contributed by atoms with van der Waals surface area (Å²) >= 11 is 0. The van der Waals surface area contributed by atoms with Crippen LogP contribution in [0.4, 0.5) is 0 Å². The number of amides is 2. The second-order valence-corrected chi connectivity index (χ2v) is 4.25. The van der Waals surface area contributed by atoms with E-state index in [2.05, 4.69) is 15.8 Å². The third-order valence-corrected chi connectivity index (χ3v) is 2.16. The van der Waals surface area contributed by atoms with Gasteiger partial charge in [-0.15, -0.1) is 0 Å². The highest BCUT2D eigenvalue weighted by Crippen LogP contribution is 2.02. The molecule has 1 aromatic rings. The molecule has 0 fully saturated rings. The fourth-order valence-electron chi connectivity index (χ4n) is 1.26. The Morgan fingerprint density at radius 1 is 1.15 bits per heavy atom. The van der Waals surface area contributed by atoms with Gasteiger partial charge in [-0.25, -0.2) is 10.2 Å². The number of hydrogen-bond donors (Lipinski definition) is 3. The molecule has 0 aromatic heterocycles. The molecule has 0 unspecified atom stereocenters. The third kappa shape index (κ3) is 4.89. The van der Waals surface area contributed by atoms with Gasteiger partial charge in [-0.2, -0.15) is 5.10 Å². The van der Waals surface area contributed by atoms with Gasteiger partial charge in [0.05, 0.1) is 11.8 Å². The van der Waals surface area contributed by atoms with Crippen molar-refractivity contribution < 1.29 is 19.5 Å². The fraction of sp³-hybridized carbons (Fsp3) is 0.231. The van der Waals surface area contributed by atoms with Gasteiger partial charge in [0.1, 0.15) is 0 Å². The van der Waals surface area contributed by atoms with Crippen molar-refractivity contribution >= 4 is 24.0 Å². The summed E-state index contributed by atoms with van der Waals surface area (Å²) in [5.74, 6) is -2.65. The number of nitrogens with zero attached hydrogens (tertiary/aromatic N) is 1. The molecule has 0 bridgehead atoms. The summed E-state index contributed by atoms with van der Waals surface area (Å²) in [4.78, 5) is 33.2. The molecule has 0 aliphatic heterocycles. The van der Waals surface area contributed by atoms with Crippen molar-refractivity contribution in [3.63, 3.8) is 0 Å². The predicted molar refractivity (Wildman–Crippen MR) is 72.4 cm³/mol. The highest BCUT2D eigenvalue weighted by atomic mass is 16.4. The first-order valence-corrected chi connectivity index (χ1v) is 5.87. The Labute approximate surface area is 115 Å². The van der Waals surface area contributed by atoms with E-state index in [0.29, 0.717) is 5.56 Å². The number of nitrogens with one attached hydrogen (secondary N) is 2. The Kier molecular flexibility index (Phi) is 5.40. The molecule has 0 radical (unpaired) electrons. The molecule has 0 aliphatic carbocycles. The lowest BCUT2D eigenvalue weighted by atomic mass is 10.1. The van der Waals surface area contributed by atoms with Gasteiger partial charge >= 0.3 is 17.8 Å². The van der Waals surface area contributed by atoms with Gasteiger partial charge in [-0.1, -0.05) is 12.1 Å². The number of aromatic carboxylic acids is 1. The van der Waals surface area contributed by atoms with Crippen LogP contribution in [0.5, 0.6) is 0 Å². The van der Waals surface area contributed by atoms with E-state index in [0.717, 1.165) is 0 Å². The first-order chi connectivity index (χ1) is 9.40. The maximum absolute atomic E-state index is 11.3. The average Bonchev–Trinajstić information content (AvgIpc) is 2.38. The topological polar surface area (TPSA) is 108 Å². The van der Waals surface area contributed by atoms with Gasteiger partial charge in [0.2, 0.25) is 0 Å². The van der Waals surface area contributed by atoms with Crippen LogP contribution in [-0.2, 0) is 9.59 Å². The molecule has 106 valence electrons. The van der Waals surface area contributed by atoms with Crippen molar-refractivity contribution in [3.8, 4) is 0 Å². The van der Waals surface area contributed by atoms with Crippen LogP contribution in [0.2, 0.25) is 0 Å². The Morgan fingerprint density at radius 3 is 2.25 bits per heavy atom. The van der Waals surface area contributed by atoms with Gasteiger partial charge < -0.3 is 10.4 Å². The van der Waals surface area contributed by atoms with Crippen LogP contribution in [0.3, 0.4) is 0 Å². The standard InChI is InChI=1S/C13H15N3O4/c1-8(2)15-11(17)12(18)16-14-7-9-3-5-10(6-4-9)13(19)20/h3-8H,1-2H3,(H,15,17)(H,16,18)(H,19,20)/b14-7-. The summed E-state index contributed by atoms with van der Waals surface area (Å²) < 4.78 is 0. The second kappa shape index (κ2) is 7.03. The molecule has 1 rings (SSSR count). The van der Waals surface area contributed by atoms with Crippen molar-refractivity contribution in [1.82, 2.24) is 10.7 Å². The summed E-state index contributed by atoms with van der Waals surface area (Å²) in [5, 5.41) is 14.8. The molecule has 0 aliphatic rings. The van der Waals surface area contributed by atoms with E-state index in [9.17, 15) is 14.4 Å². The zero-order chi connectivity index (χ0) is 15.1. The smallest absolute Gasteiger partial charge is 0.335 e. The van der Waals surface area contributed by atoms with E-state index >= 15 is 0 Å². The van der Waals surface area contributed by atoms with Gasteiger partial charge in [-0.05, 0) is 31.5 Å². The minimum atomic E-state index is -1.02. The monoisotopic (exact) mass is 277 g/mol. The van der Waals surface area contributed by atoms with Crippen LogP contribution in [0.15, 0.2) is 29.4 Å². The van der Waals surface area contributed by atoms with E-state index in [1.165, 1.54) is 30.5 Å². The SMILES string of the molecule is CC(C)NC(=O)C(=O)N/N=C\c1ccc(C(=O)O)cc1. The first kappa shape index (κ1) is 15.4. The van der Waals surface area contributed by atoms with E-state index < -0.39 is 17.8 Å². The van der Waals surface area contributed by atoms with E-state index in [4.69, 9.17) is 5.11 Å². The van der Waals surface area contributed by atoms with E-state index in [1.54, 1.807) is 13.8 Å². The molecular formula is C13H15N3O4. The molecular weight excluding hydrogens is 262 g/mol. The predicted octanol–water partition coefficient (Wildman–Crippen LogP) is 0.359. The van der Waals surface area contributed by atoms with Crippen molar-refractivity contribution in [3.05, 3.63) is 35.4 Å². The summed E-state index contributed by atoms with van der Waals surface area (Å²) in [6.45, 7) is 3.47. The van der Waals surface area contributed by atoms with Crippen LogP contribution in [0, 0.1) is 0 Å². The highest BCUT2D eigenvalue weighted by Gasteiger charge is 2.12. The molecule has 0 spiro atoms. The summed E-state index contributed by atoms with van der Waals surface area (Å²) in [5.41, 5.74) is 2.83. The molecule has 20 heavy (non-hydrogen) atoms. The lowest BCUT2D eigenvalue weighted by molar-refractivity contribution is -0.139. The van der Waals surface area contributed by atoms with E-state index in [-0.39, 0.29) is 11.6 Å². The Bertz CT molecular complexity index is 535. The van der Waals surface area contributed by atoms with Gasteiger partial charge in [0, 0.05) is 6.04 Å². The Balaban J connectivity index is 2.54. The van der Waals surface area contributed by atoms with Crippen LogP contribution in [0.1, 0.15) is 29.8 Å². The molecule has 0 atom stereocenters. The first-order valence-electron chi connectivity index (χ1n) is 5.87. The number of rotatable bonds is 4. The molecule has 0 saturated heterocycles. The zero-order valence-electron chi connectivity index (χ0n) is 11.1. The number of carbonyl (C=O) groups excluding carboxylic acids is 2. The minimum absolute atomic E-state index is 0.138. The number of carbonyl (C=O) groups is 3. The maximum Gasteiger partial charge on any atom is 0.335 e. The molecule has 7 heteroatoms. The second-order valence-electron chi connectivity index (χ2n) is 4.25. The van der Waals surface area contributed by atoms with Crippen LogP contribution >= 0.6 is 0 Å².